The number of rotatable bonds is 6. The molecule has 1 amide bonds. The van der Waals surface area contributed by atoms with E-state index in [4.69, 9.17) is 4.74 Å². The van der Waals surface area contributed by atoms with Gasteiger partial charge in [0, 0.05) is 5.56 Å². The Kier molecular flexibility index (Phi) is 6.59. The van der Waals surface area contributed by atoms with Crippen LogP contribution in [0.25, 0.3) is 0 Å². The molecule has 2 N–H and O–H groups in total. The average Bonchev–Trinajstić information content (AvgIpc) is 2.60. The molecule has 0 bridgehead atoms. The molecule has 0 spiro atoms. The first-order valence-electron chi connectivity index (χ1n) is 8.34. The zero-order valence-electron chi connectivity index (χ0n) is 13.5. The first-order valence-corrected chi connectivity index (χ1v) is 8.34. The third-order valence-corrected chi connectivity index (χ3v) is 4.34. The number of carbonyl (C=O) groups is 2. The zero-order chi connectivity index (χ0) is 16.7. The second-order valence-electron chi connectivity index (χ2n) is 5.96. The van der Waals surface area contributed by atoms with Crippen LogP contribution in [0.2, 0.25) is 0 Å². The third kappa shape index (κ3) is 4.79. The van der Waals surface area contributed by atoms with Gasteiger partial charge in [-0.05, 0) is 37.8 Å². The van der Waals surface area contributed by atoms with E-state index in [0.29, 0.717) is 5.56 Å². The predicted octanol–water partition coefficient (Wildman–Crippen LogP) is 2.29. The Hall–Kier alpha value is -1.88. The van der Waals surface area contributed by atoms with E-state index in [0.717, 1.165) is 32.1 Å². The molecule has 2 atom stereocenters. The zero-order valence-corrected chi connectivity index (χ0v) is 13.5. The fourth-order valence-corrected chi connectivity index (χ4v) is 3.08. The number of hydrogen-bond donors (Lipinski definition) is 2. The fraction of sp³-hybridized carbons (Fsp3) is 0.556. The van der Waals surface area contributed by atoms with Crippen LogP contribution >= 0.6 is 0 Å². The Balaban J connectivity index is 2.10. The molecule has 1 aromatic rings. The quantitative estimate of drug-likeness (QED) is 0.789. The number of ether oxygens (including phenoxy) is 1. The van der Waals surface area contributed by atoms with Gasteiger partial charge in [-0.2, -0.15) is 0 Å². The molecule has 0 unspecified atom stereocenters. The van der Waals surface area contributed by atoms with Crippen LogP contribution in [0.15, 0.2) is 30.3 Å². The number of benzene rings is 1. The highest BCUT2D eigenvalue weighted by Gasteiger charge is 2.35. The van der Waals surface area contributed by atoms with Crippen molar-refractivity contribution in [1.29, 1.82) is 0 Å². The molecule has 126 valence electrons. The molecule has 0 aromatic heterocycles. The lowest BCUT2D eigenvalue weighted by Crippen LogP contribution is -2.52. The van der Waals surface area contributed by atoms with E-state index in [9.17, 15) is 14.7 Å². The number of aliphatic hydroxyl groups excluding tert-OH is 1. The van der Waals surface area contributed by atoms with Crippen LogP contribution in [-0.4, -0.2) is 35.7 Å². The number of esters is 1. The molecule has 0 saturated heterocycles. The molecule has 0 radical (unpaired) electrons. The van der Waals surface area contributed by atoms with Crippen LogP contribution in [0.3, 0.4) is 0 Å². The first kappa shape index (κ1) is 17.5. The van der Waals surface area contributed by atoms with Gasteiger partial charge in [0.05, 0.1) is 12.7 Å². The van der Waals surface area contributed by atoms with Crippen molar-refractivity contribution in [2.45, 2.75) is 51.2 Å². The number of amides is 1. The largest absolute Gasteiger partial charge is 0.464 e. The summed E-state index contributed by atoms with van der Waals surface area (Å²) in [6, 6.07) is 7.65. The van der Waals surface area contributed by atoms with Crippen LogP contribution < -0.4 is 5.32 Å². The summed E-state index contributed by atoms with van der Waals surface area (Å²) in [6.07, 6.45) is 4.08. The molecular formula is C18H25NO4. The molecular weight excluding hydrogens is 294 g/mol. The minimum absolute atomic E-state index is 0.0224. The highest BCUT2D eigenvalue weighted by molar-refractivity contribution is 5.96. The van der Waals surface area contributed by atoms with Crippen molar-refractivity contribution in [3.8, 4) is 0 Å². The number of hydrogen-bond acceptors (Lipinski definition) is 4. The second-order valence-corrected chi connectivity index (χ2v) is 5.96. The Morgan fingerprint density at radius 2 is 1.87 bits per heavy atom. The molecule has 1 aliphatic carbocycles. The van der Waals surface area contributed by atoms with Gasteiger partial charge in [0.15, 0.2) is 6.04 Å². The monoisotopic (exact) mass is 319 g/mol. The lowest BCUT2D eigenvalue weighted by atomic mass is 9.82. The topological polar surface area (TPSA) is 75.6 Å². The van der Waals surface area contributed by atoms with Gasteiger partial charge in [-0.15, -0.1) is 0 Å². The minimum atomic E-state index is -1.02. The fourth-order valence-electron chi connectivity index (χ4n) is 3.08. The van der Waals surface area contributed by atoms with Crippen molar-refractivity contribution in [1.82, 2.24) is 5.32 Å². The highest BCUT2D eigenvalue weighted by Crippen LogP contribution is 2.28. The van der Waals surface area contributed by atoms with Crippen LogP contribution in [0.5, 0.6) is 0 Å². The average molecular weight is 319 g/mol. The molecule has 1 fully saturated rings. The van der Waals surface area contributed by atoms with Crippen LogP contribution in [0.4, 0.5) is 0 Å². The molecule has 0 heterocycles. The molecule has 1 aliphatic rings. The molecule has 2 rings (SSSR count). The van der Waals surface area contributed by atoms with E-state index in [1.165, 1.54) is 0 Å². The molecule has 23 heavy (non-hydrogen) atoms. The lowest BCUT2D eigenvalue weighted by molar-refractivity contribution is -0.149. The van der Waals surface area contributed by atoms with E-state index >= 15 is 0 Å². The van der Waals surface area contributed by atoms with Crippen molar-refractivity contribution in [3.63, 3.8) is 0 Å². The summed E-state index contributed by atoms with van der Waals surface area (Å²) in [4.78, 5) is 24.5. The maximum absolute atomic E-state index is 12.3. The van der Waals surface area contributed by atoms with E-state index in [1.807, 2.05) is 6.07 Å². The van der Waals surface area contributed by atoms with Crippen molar-refractivity contribution in [2.24, 2.45) is 5.92 Å². The number of aliphatic hydroxyl groups is 1. The maximum atomic E-state index is 12.3. The third-order valence-electron chi connectivity index (χ3n) is 4.34. The van der Waals surface area contributed by atoms with E-state index in [-0.39, 0.29) is 18.4 Å². The smallest absolute Gasteiger partial charge is 0.331 e. The Labute approximate surface area is 137 Å². The van der Waals surface area contributed by atoms with E-state index in [2.05, 4.69) is 5.32 Å². The van der Waals surface area contributed by atoms with Gasteiger partial charge in [-0.3, -0.25) is 4.79 Å². The summed E-state index contributed by atoms with van der Waals surface area (Å²) in [5, 5.41) is 13.3. The Morgan fingerprint density at radius 1 is 1.22 bits per heavy atom. The van der Waals surface area contributed by atoms with Crippen LogP contribution in [0.1, 0.15) is 49.4 Å². The van der Waals surface area contributed by atoms with Gasteiger partial charge in [-0.1, -0.05) is 37.5 Å². The standard InChI is InChI=1S/C18H25NO4/c1-2-23-18(22)15(16(20)13-9-5-3-6-10-13)19-17(21)14-11-7-4-8-12-14/h4,7-8,11-13,15-16,20H,2-3,5-6,9-10H2,1H3,(H,19,21)/t15-,16+/m1/s1. The van der Waals surface area contributed by atoms with E-state index < -0.39 is 18.1 Å². The van der Waals surface area contributed by atoms with Crippen LogP contribution in [-0.2, 0) is 9.53 Å². The normalized spacial score (nSPS) is 18.0. The van der Waals surface area contributed by atoms with E-state index in [1.54, 1.807) is 31.2 Å². The first-order chi connectivity index (χ1) is 11.1. The minimum Gasteiger partial charge on any atom is -0.464 e. The summed E-state index contributed by atoms with van der Waals surface area (Å²) in [7, 11) is 0. The van der Waals surface area contributed by atoms with Crippen LogP contribution in [0, 0.1) is 5.92 Å². The molecule has 1 saturated carbocycles. The van der Waals surface area contributed by atoms with Crippen molar-refractivity contribution in [2.75, 3.05) is 6.61 Å². The molecule has 0 aliphatic heterocycles. The van der Waals surface area contributed by atoms with Crippen molar-refractivity contribution < 1.29 is 19.4 Å². The number of nitrogens with one attached hydrogen (secondary N) is 1. The number of carbonyl (C=O) groups excluding carboxylic acids is 2. The Bertz CT molecular complexity index is 511. The highest BCUT2D eigenvalue weighted by atomic mass is 16.5. The van der Waals surface area contributed by atoms with Gasteiger partial charge in [-0.25, -0.2) is 4.79 Å². The SMILES string of the molecule is CCOC(=O)[C@H](NC(=O)c1ccccc1)[C@@H](O)C1CCCCC1. The van der Waals surface area contributed by atoms with Crippen molar-refractivity contribution >= 4 is 11.9 Å². The molecule has 1 aromatic carbocycles. The van der Waals surface area contributed by atoms with Gasteiger partial charge >= 0.3 is 5.97 Å². The summed E-state index contributed by atoms with van der Waals surface area (Å²) in [5.41, 5.74) is 0.456. The summed E-state index contributed by atoms with van der Waals surface area (Å²) in [6.45, 7) is 1.93. The summed E-state index contributed by atoms with van der Waals surface area (Å²) < 4.78 is 5.04. The Morgan fingerprint density at radius 3 is 2.48 bits per heavy atom. The maximum Gasteiger partial charge on any atom is 0.331 e. The summed E-state index contributed by atoms with van der Waals surface area (Å²) >= 11 is 0. The summed E-state index contributed by atoms with van der Waals surface area (Å²) in [5.74, 6) is -0.928. The van der Waals surface area contributed by atoms with Gasteiger partial charge in [0.2, 0.25) is 0 Å². The van der Waals surface area contributed by atoms with Gasteiger partial charge < -0.3 is 15.2 Å². The molecule has 5 heteroatoms. The predicted molar refractivity (Wildman–Crippen MR) is 86.9 cm³/mol. The van der Waals surface area contributed by atoms with Gasteiger partial charge in [0.25, 0.3) is 5.91 Å². The van der Waals surface area contributed by atoms with Gasteiger partial charge in [0.1, 0.15) is 0 Å². The second kappa shape index (κ2) is 8.67. The molecule has 5 nitrogen and oxygen atoms in total. The van der Waals surface area contributed by atoms with Crippen molar-refractivity contribution in [3.05, 3.63) is 35.9 Å². The lowest BCUT2D eigenvalue weighted by Gasteiger charge is -2.31.